The zero-order chi connectivity index (χ0) is 39.0. The summed E-state index contributed by atoms with van der Waals surface area (Å²) in [6, 6.07) is 11.5. The molecule has 2 fully saturated rings. The Bertz CT molecular complexity index is 1690. The molecule has 11 nitrogen and oxygen atoms in total. The van der Waals surface area contributed by atoms with Crippen molar-refractivity contribution < 1.29 is 43.9 Å². The molecule has 2 aromatic rings. The topological polar surface area (TPSA) is 140 Å². The zero-order valence-electron chi connectivity index (χ0n) is 32.8. The van der Waals surface area contributed by atoms with E-state index in [1.54, 1.807) is 13.2 Å². The number of oxime groups is 1. The molecule has 0 spiro atoms. The summed E-state index contributed by atoms with van der Waals surface area (Å²) in [5, 5.41) is 33.8. The van der Waals surface area contributed by atoms with Crippen molar-refractivity contribution in [3.8, 4) is 17.2 Å². The van der Waals surface area contributed by atoms with E-state index in [9.17, 15) is 20.1 Å². The first-order chi connectivity index (χ1) is 26.8. The van der Waals surface area contributed by atoms with Gasteiger partial charge in [0.1, 0.15) is 30.4 Å². The number of allylic oxidation sites excluding steroid dienone is 1. The minimum Gasteiger partial charge on any atom is -0.459 e. The number of nitrogens with zero attached hydrogens (tertiary/aromatic N) is 2. The second kappa shape index (κ2) is 18.9. The van der Waals surface area contributed by atoms with Crippen LogP contribution in [0, 0.1) is 37.5 Å². The van der Waals surface area contributed by atoms with Crippen LogP contribution in [0.15, 0.2) is 65.9 Å². The molecule has 3 N–H and O–H groups in total. The lowest BCUT2D eigenvalue weighted by Gasteiger charge is -2.60. The number of aryl methyl sites for hydroxylation is 2. The molecule has 2 aromatic carbocycles. The van der Waals surface area contributed by atoms with Crippen molar-refractivity contribution in [3.63, 3.8) is 0 Å². The van der Waals surface area contributed by atoms with Crippen LogP contribution >= 0.6 is 0 Å². The van der Waals surface area contributed by atoms with Crippen LogP contribution in [0.4, 0.5) is 0 Å². The monoisotopic (exact) mass is 760 g/mol. The van der Waals surface area contributed by atoms with Gasteiger partial charge in [0, 0.05) is 43.6 Å². The van der Waals surface area contributed by atoms with E-state index in [4.69, 9.17) is 23.8 Å². The number of carbonyl (C=O) groups excluding carboxylic acids is 1. The third-order valence-corrected chi connectivity index (χ3v) is 11.9. The van der Waals surface area contributed by atoms with Crippen molar-refractivity contribution in [3.05, 3.63) is 77.4 Å². The second-order valence-electron chi connectivity index (χ2n) is 15.4. The van der Waals surface area contributed by atoms with Crippen LogP contribution in [-0.2, 0) is 19.1 Å². The number of ether oxygens (including phenoxy) is 4. The standard InChI is InChI=1S/C44H60N2O9/c1-5-22-53-44-40(46(18-23-52-24-21-49)43(50)31-13-14-31)28-38(45-51-4)36-26-32(10-6-8-19-47)35(11-7-9-20-48)41(42(36)44)37-27-34(16-17-39(37)55-44)54-33-15-12-29(2)30(3)25-33/h5,12,15-17,25-27,31-32,35,40-42,47-49H,1,6-11,13-14,18-24,28H2,2-4H3/t32-,35+,40-,41+,42+,44+/m0/s1. The fraction of sp³-hybridized carbons (Fsp3) is 0.591. The van der Waals surface area contributed by atoms with E-state index in [0.29, 0.717) is 37.3 Å². The number of hydrogen-bond acceptors (Lipinski definition) is 10. The predicted octanol–water partition coefficient (Wildman–Crippen LogP) is 6.61. The zero-order valence-corrected chi connectivity index (χ0v) is 32.8. The molecular formula is C44H60N2O9. The maximum absolute atomic E-state index is 14.4. The van der Waals surface area contributed by atoms with Crippen LogP contribution in [-0.4, -0.2) is 97.0 Å². The molecule has 0 saturated heterocycles. The van der Waals surface area contributed by atoms with Crippen molar-refractivity contribution in [1.82, 2.24) is 4.90 Å². The third kappa shape index (κ3) is 8.97. The van der Waals surface area contributed by atoms with Gasteiger partial charge >= 0.3 is 0 Å². The fourth-order valence-corrected chi connectivity index (χ4v) is 9.05. The van der Waals surface area contributed by atoms with E-state index in [2.05, 4.69) is 43.8 Å². The predicted molar refractivity (Wildman–Crippen MR) is 210 cm³/mol. The molecule has 6 rings (SSSR count). The largest absolute Gasteiger partial charge is 0.459 e. The van der Waals surface area contributed by atoms with Crippen LogP contribution in [0.5, 0.6) is 17.2 Å². The summed E-state index contributed by atoms with van der Waals surface area (Å²) in [6.45, 7) is 9.19. The molecule has 6 atom stereocenters. The molecule has 0 aromatic heterocycles. The van der Waals surface area contributed by atoms with Gasteiger partial charge in [-0.1, -0.05) is 36.2 Å². The highest BCUT2D eigenvalue weighted by Crippen LogP contribution is 2.62. The van der Waals surface area contributed by atoms with Gasteiger partial charge in [-0.2, -0.15) is 0 Å². The van der Waals surface area contributed by atoms with Crippen LogP contribution in [0.3, 0.4) is 0 Å². The Kier molecular flexibility index (Phi) is 14.1. The van der Waals surface area contributed by atoms with Gasteiger partial charge in [0.05, 0.1) is 38.1 Å². The summed E-state index contributed by atoms with van der Waals surface area (Å²) in [6.07, 6.45) is 10.8. The maximum atomic E-state index is 14.4. The molecule has 1 amide bonds. The molecule has 2 saturated carbocycles. The molecule has 11 heteroatoms. The molecular weight excluding hydrogens is 700 g/mol. The van der Waals surface area contributed by atoms with E-state index in [0.717, 1.165) is 66.7 Å². The minimum atomic E-state index is -1.33. The summed E-state index contributed by atoms with van der Waals surface area (Å²) in [4.78, 5) is 21.8. The first-order valence-electron chi connectivity index (χ1n) is 20.2. The number of amides is 1. The molecule has 300 valence electrons. The van der Waals surface area contributed by atoms with E-state index in [1.165, 1.54) is 5.56 Å². The Hall–Kier alpha value is -3.74. The highest BCUT2D eigenvalue weighted by molar-refractivity contribution is 6.03. The van der Waals surface area contributed by atoms with Gasteiger partial charge < -0.3 is 44.0 Å². The van der Waals surface area contributed by atoms with Crippen molar-refractivity contribution in [1.29, 1.82) is 0 Å². The smallest absolute Gasteiger partial charge is 0.239 e. The average molecular weight is 761 g/mol. The van der Waals surface area contributed by atoms with E-state index in [1.807, 2.05) is 29.2 Å². The lowest BCUT2D eigenvalue weighted by molar-refractivity contribution is -0.258. The van der Waals surface area contributed by atoms with Gasteiger partial charge in [0.25, 0.3) is 0 Å². The number of aliphatic hydroxyl groups is 3. The van der Waals surface area contributed by atoms with Gasteiger partial charge in [-0.3, -0.25) is 4.79 Å². The highest BCUT2D eigenvalue weighted by atomic mass is 16.7. The van der Waals surface area contributed by atoms with Crippen LogP contribution in [0.2, 0.25) is 0 Å². The Labute approximate surface area is 325 Å². The average Bonchev–Trinajstić information content (AvgIpc) is 4.04. The molecule has 55 heavy (non-hydrogen) atoms. The molecule has 0 unspecified atom stereocenters. The first-order valence-corrected chi connectivity index (χ1v) is 20.2. The minimum absolute atomic E-state index is 0.0312. The molecule has 1 heterocycles. The van der Waals surface area contributed by atoms with Gasteiger partial charge in [-0.15, -0.1) is 6.58 Å². The number of hydrogen-bond donors (Lipinski definition) is 3. The van der Waals surface area contributed by atoms with Gasteiger partial charge in [0.15, 0.2) is 0 Å². The van der Waals surface area contributed by atoms with Crippen LogP contribution < -0.4 is 9.47 Å². The van der Waals surface area contributed by atoms with Gasteiger partial charge in [-0.25, -0.2) is 0 Å². The van der Waals surface area contributed by atoms with E-state index >= 15 is 0 Å². The Morgan fingerprint density at radius 3 is 2.42 bits per heavy atom. The first kappa shape index (κ1) is 40.9. The fourth-order valence-electron chi connectivity index (χ4n) is 9.05. The number of unbranched alkanes of at least 4 members (excludes halogenated alkanes) is 2. The second-order valence-corrected chi connectivity index (χ2v) is 15.4. The molecule has 0 radical (unpaired) electrons. The Morgan fingerprint density at radius 1 is 0.982 bits per heavy atom. The normalized spacial score (nSPS) is 26.0. The van der Waals surface area contributed by atoms with Gasteiger partial charge in [0.2, 0.25) is 11.7 Å². The van der Waals surface area contributed by atoms with Crippen LogP contribution in [0.1, 0.15) is 80.4 Å². The number of aliphatic hydroxyl groups excluding tert-OH is 3. The SMILES string of the molecule is C=CCO[C@@]12Oc3ccc(Oc4ccc(C)c(C)c4)cc3[C@H]3[C@H](CCCCO)[C@@H](CCCCO)C=C(C(=NOC)C[C@@H]1N(CCOCCO)C(=O)C1CC1)[C@H]32. The summed E-state index contributed by atoms with van der Waals surface area (Å²) >= 11 is 0. The Morgan fingerprint density at radius 2 is 1.73 bits per heavy atom. The maximum Gasteiger partial charge on any atom is 0.239 e. The molecule has 3 aliphatic carbocycles. The van der Waals surface area contributed by atoms with E-state index in [-0.39, 0.29) is 69.2 Å². The number of rotatable bonds is 21. The lowest BCUT2D eigenvalue weighted by atomic mass is 9.55. The number of benzene rings is 2. The molecule has 1 aliphatic heterocycles. The van der Waals surface area contributed by atoms with Crippen molar-refractivity contribution in [2.45, 2.75) is 89.4 Å². The summed E-state index contributed by atoms with van der Waals surface area (Å²) in [7, 11) is 1.55. The number of fused-ring (bicyclic) bond motifs is 2. The van der Waals surface area contributed by atoms with Crippen molar-refractivity contribution >= 4 is 11.6 Å². The lowest BCUT2D eigenvalue weighted by Crippen LogP contribution is -2.70. The number of carbonyl (C=O) groups is 1. The highest BCUT2D eigenvalue weighted by Gasteiger charge is 2.65. The quantitative estimate of drug-likeness (QED) is 0.0729. The van der Waals surface area contributed by atoms with Crippen molar-refractivity contribution in [2.75, 3.05) is 53.3 Å². The third-order valence-electron chi connectivity index (χ3n) is 11.9. The van der Waals surface area contributed by atoms with Gasteiger partial charge in [-0.05, 0) is 111 Å². The Balaban J connectivity index is 1.55. The summed E-state index contributed by atoms with van der Waals surface area (Å²) in [5.74, 6) is 0.421. The van der Waals surface area contributed by atoms with Crippen molar-refractivity contribution in [2.24, 2.45) is 28.8 Å². The molecule has 4 aliphatic rings. The summed E-state index contributed by atoms with van der Waals surface area (Å²) < 4.78 is 26.6. The summed E-state index contributed by atoms with van der Waals surface area (Å²) in [5.41, 5.74) is 5.07. The van der Waals surface area contributed by atoms with E-state index < -0.39 is 17.7 Å². The molecule has 0 bridgehead atoms. The van der Waals surface area contributed by atoms with Crippen LogP contribution in [0.25, 0.3) is 0 Å².